The quantitative estimate of drug-likeness (QED) is 0.260. The van der Waals surface area contributed by atoms with Crippen molar-refractivity contribution in [3.8, 4) is 0 Å². The molecule has 0 aromatic heterocycles. The summed E-state index contributed by atoms with van der Waals surface area (Å²) in [5, 5.41) is 11.4. The van der Waals surface area contributed by atoms with E-state index in [0.717, 1.165) is 5.56 Å². The van der Waals surface area contributed by atoms with Gasteiger partial charge in [0, 0.05) is 28.0 Å². The highest BCUT2D eigenvalue weighted by molar-refractivity contribution is 6.31. The molecular formula is C28H25ClN4O5. The van der Waals surface area contributed by atoms with Crippen molar-refractivity contribution in [2.75, 3.05) is 17.2 Å². The van der Waals surface area contributed by atoms with Gasteiger partial charge in [-0.3, -0.25) is 19.2 Å². The van der Waals surface area contributed by atoms with Gasteiger partial charge in [-0.05, 0) is 35.9 Å². The minimum atomic E-state index is -1.03. The maximum atomic E-state index is 12.9. The number of hydrogen-bond acceptors (Lipinski definition) is 6. The van der Waals surface area contributed by atoms with Gasteiger partial charge in [0.15, 0.2) is 0 Å². The van der Waals surface area contributed by atoms with Gasteiger partial charge in [0.1, 0.15) is 19.2 Å². The van der Waals surface area contributed by atoms with E-state index < -0.39 is 29.7 Å². The fourth-order valence-corrected chi connectivity index (χ4v) is 3.89. The van der Waals surface area contributed by atoms with E-state index in [4.69, 9.17) is 16.3 Å². The van der Waals surface area contributed by atoms with Crippen molar-refractivity contribution in [3.05, 3.63) is 101 Å². The number of anilines is 2. The SMILES string of the molecule is O=C(/C=C1\NC(CC(=O)NCC(=O)OCc2ccccc2)C(=O)Nc2cc(Cl)ccc21)Nc1ccccc1. The van der Waals surface area contributed by atoms with Crippen LogP contribution in [-0.2, 0) is 30.5 Å². The van der Waals surface area contributed by atoms with Crippen LogP contribution in [0.25, 0.3) is 5.70 Å². The number of nitrogens with one attached hydrogen (secondary N) is 4. The lowest BCUT2D eigenvalue weighted by molar-refractivity contribution is -0.145. The highest BCUT2D eigenvalue weighted by Gasteiger charge is 2.28. The van der Waals surface area contributed by atoms with Gasteiger partial charge in [-0.25, -0.2) is 0 Å². The van der Waals surface area contributed by atoms with E-state index in [9.17, 15) is 19.2 Å². The van der Waals surface area contributed by atoms with Gasteiger partial charge >= 0.3 is 5.97 Å². The van der Waals surface area contributed by atoms with Crippen molar-refractivity contribution in [3.63, 3.8) is 0 Å². The van der Waals surface area contributed by atoms with E-state index in [1.165, 1.54) is 6.08 Å². The first-order valence-electron chi connectivity index (χ1n) is 11.8. The standard InChI is InChI=1S/C28H25ClN4O5/c29-19-11-12-21-22(13-19)33-28(37)24(32-23(21)14-26(35)31-20-9-5-2-6-10-20)15-25(34)30-16-27(36)38-17-18-7-3-1-4-8-18/h1-14,24,32H,15-17H2,(H,30,34)(H,31,35)(H,33,37)/b23-14-. The molecule has 0 spiro atoms. The maximum absolute atomic E-state index is 12.9. The van der Waals surface area contributed by atoms with Crippen molar-refractivity contribution < 1.29 is 23.9 Å². The molecule has 0 radical (unpaired) electrons. The van der Waals surface area contributed by atoms with Crippen molar-refractivity contribution >= 4 is 52.4 Å². The summed E-state index contributed by atoms with van der Waals surface area (Å²) in [6.07, 6.45) is 1.02. The predicted molar refractivity (Wildman–Crippen MR) is 144 cm³/mol. The molecule has 1 unspecified atom stereocenters. The second-order valence-corrected chi connectivity index (χ2v) is 8.85. The minimum absolute atomic E-state index is 0.0855. The van der Waals surface area contributed by atoms with Gasteiger partial charge < -0.3 is 26.0 Å². The minimum Gasteiger partial charge on any atom is -0.460 e. The van der Waals surface area contributed by atoms with Gasteiger partial charge in [-0.2, -0.15) is 0 Å². The fraction of sp³-hybridized carbons (Fsp3) is 0.143. The molecule has 1 atom stereocenters. The number of halogens is 1. The zero-order valence-electron chi connectivity index (χ0n) is 20.2. The number of carbonyl (C=O) groups excluding carboxylic acids is 4. The van der Waals surface area contributed by atoms with Crippen LogP contribution in [0.5, 0.6) is 0 Å². The van der Waals surface area contributed by atoms with Crippen molar-refractivity contribution in [2.45, 2.75) is 19.1 Å². The van der Waals surface area contributed by atoms with Crippen LogP contribution >= 0.6 is 11.6 Å². The summed E-state index contributed by atoms with van der Waals surface area (Å²) in [5.74, 6) is -2.09. The number of para-hydroxylation sites is 1. The molecule has 3 aromatic carbocycles. The molecule has 1 aliphatic rings. The van der Waals surface area contributed by atoms with E-state index in [-0.39, 0.29) is 19.6 Å². The van der Waals surface area contributed by atoms with Crippen molar-refractivity contribution in [1.29, 1.82) is 0 Å². The van der Waals surface area contributed by atoms with Crippen LogP contribution in [-0.4, -0.2) is 36.3 Å². The molecule has 38 heavy (non-hydrogen) atoms. The molecule has 3 aromatic rings. The molecule has 1 aliphatic heterocycles. The van der Waals surface area contributed by atoms with Crippen LogP contribution in [0.1, 0.15) is 17.5 Å². The first-order valence-corrected chi connectivity index (χ1v) is 12.2. The Balaban J connectivity index is 1.41. The zero-order chi connectivity index (χ0) is 26.9. The van der Waals surface area contributed by atoms with Gasteiger partial charge in [0.2, 0.25) is 17.7 Å². The number of esters is 1. The number of carbonyl (C=O) groups is 4. The summed E-state index contributed by atoms with van der Waals surface area (Å²) < 4.78 is 5.16. The van der Waals surface area contributed by atoms with Crippen LogP contribution < -0.4 is 21.3 Å². The molecule has 9 nitrogen and oxygen atoms in total. The normalized spacial score (nSPS) is 15.3. The van der Waals surface area contributed by atoms with Crippen LogP contribution in [0, 0.1) is 0 Å². The number of hydrogen-bond donors (Lipinski definition) is 4. The third-order valence-corrected chi connectivity index (χ3v) is 5.79. The summed E-state index contributed by atoms with van der Waals surface area (Å²) in [6.45, 7) is -0.264. The lowest BCUT2D eigenvalue weighted by atomic mass is 10.1. The molecule has 0 saturated carbocycles. The summed E-state index contributed by atoms with van der Waals surface area (Å²) >= 11 is 6.12. The molecule has 4 N–H and O–H groups in total. The molecule has 4 rings (SSSR count). The molecular weight excluding hydrogens is 508 g/mol. The average Bonchev–Trinajstić information content (AvgIpc) is 3.02. The Labute approximate surface area is 224 Å². The summed E-state index contributed by atoms with van der Waals surface area (Å²) in [6, 6.07) is 21.9. The van der Waals surface area contributed by atoms with E-state index >= 15 is 0 Å². The first kappa shape index (κ1) is 26.4. The summed E-state index contributed by atoms with van der Waals surface area (Å²) in [7, 11) is 0. The van der Waals surface area contributed by atoms with E-state index in [1.807, 2.05) is 36.4 Å². The molecule has 1 heterocycles. The molecule has 3 amide bonds. The third kappa shape index (κ3) is 7.44. The summed E-state index contributed by atoms with van der Waals surface area (Å²) in [4.78, 5) is 50.3. The topological polar surface area (TPSA) is 126 Å². The van der Waals surface area contributed by atoms with Gasteiger partial charge in [-0.1, -0.05) is 60.1 Å². The zero-order valence-corrected chi connectivity index (χ0v) is 21.0. The Kier molecular flexibility index (Phi) is 8.73. The predicted octanol–water partition coefficient (Wildman–Crippen LogP) is 3.48. The van der Waals surface area contributed by atoms with Crippen LogP contribution in [0.3, 0.4) is 0 Å². The second kappa shape index (κ2) is 12.6. The Morgan fingerprint density at radius 2 is 1.68 bits per heavy atom. The van der Waals surface area contributed by atoms with Crippen LogP contribution in [0.4, 0.5) is 11.4 Å². The maximum Gasteiger partial charge on any atom is 0.325 e. The molecule has 0 saturated heterocycles. The largest absolute Gasteiger partial charge is 0.460 e. The Hall–Kier alpha value is -4.63. The molecule has 0 aliphatic carbocycles. The monoisotopic (exact) mass is 532 g/mol. The highest BCUT2D eigenvalue weighted by Crippen LogP contribution is 2.29. The lowest BCUT2D eigenvalue weighted by Crippen LogP contribution is -2.42. The molecule has 194 valence electrons. The molecule has 10 heteroatoms. The van der Waals surface area contributed by atoms with Crippen molar-refractivity contribution in [1.82, 2.24) is 10.6 Å². The van der Waals surface area contributed by atoms with Crippen LogP contribution in [0.15, 0.2) is 84.9 Å². The number of benzene rings is 3. The first-order chi connectivity index (χ1) is 18.4. The van der Waals surface area contributed by atoms with E-state index in [0.29, 0.717) is 27.7 Å². The van der Waals surface area contributed by atoms with E-state index in [2.05, 4.69) is 21.3 Å². The number of fused-ring (bicyclic) bond motifs is 1. The average molecular weight is 533 g/mol. The molecule has 0 bridgehead atoms. The van der Waals surface area contributed by atoms with Crippen molar-refractivity contribution in [2.24, 2.45) is 0 Å². The second-order valence-electron chi connectivity index (χ2n) is 8.42. The number of amides is 3. The van der Waals surface area contributed by atoms with Gasteiger partial charge in [0.25, 0.3) is 0 Å². The fourth-order valence-electron chi connectivity index (χ4n) is 3.72. The van der Waals surface area contributed by atoms with Gasteiger partial charge in [-0.15, -0.1) is 0 Å². The lowest BCUT2D eigenvalue weighted by Gasteiger charge is -2.17. The highest BCUT2D eigenvalue weighted by atomic mass is 35.5. The number of ether oxygens (including phenoxy) is 1. The Morgan fingerprint density at radius 1 is 0.974 bits per heavy atom. The number of rotatable bonds is 8. The summed E-state index contributed by atoms with van der Waals surface area (Å²) in [5.41, 5.74) is 2.66. The van der Waals surface area contributed by atoms with Crippen LogP contribution in [0.2, 0.25) is 5.02 Å². The molecule has 0 fully saturated rings. The van der Waals surface area contributed by atoms with Gasteiger partial charge in [0.05, 0.1) is 12.1 Å². The Morgan fingerprint density at radius 3 is 2.42 bits per heavy atom. The Bertz CT molecular complexity index is 1360. The van der Waals surface area contributed by atoms with E-state index in [1.54, 1.807) is 42.5 Å². The third-order valence-electron chi connectivity index (χ3n) is 5.55. The smallest absolute Gasteiger partial charge is 0.325 e.